The van der Waals surface area contributed by atoms with Gasteiger partial charge in [-0.3, -0.25) is 10.1 Å². The maximum absolute atomic E-state index is 10.8. The van der Waals surface area contributed by atoms with Gasteiger partial charge in [-0.2, -0.15) is 0 Å². The third-order valence-electron chi connectivity index (χ3n) is 2.65. The van der Waals surface area contributed by atoms with Gasteiger partial charge in [-0.25, -0.2) is 4.98 Å². The number of halogens is 1. The number of nitrogens with zero attached hydrogens (tertiary/aromatic N) is 2. The summed E-state index contributed by atoms with van der Waals surface area (Å²) in [6.07, 6.45) is 0. The summed E-state index contributed by atoms with van der Waals surface area (Å²) in [5.74, 6) is 0. The van der Waals surface area contributed by atoms with Crippen LogP contribution in [0.2, 0.25) is 5.15 Å². The second kappa shape index (κ2) is 4.74. The fourth-order valence-corrected chi connectivity index (χ4v) is 2.03. The molecule has 0 saturated heterocycles. The van der Waals surface area contributed by atoms with Crippen molar-refractivity contribution < 1.29 is 4.92 Å². The van der Waals surface area contributed by atoms with Crippen LogP contribution in [0, 0.1) is 24.0 Å². The van der Waals surface area contributed by atoms with Crippen LogP contribution >= 0.6 is 11.6 Å². The van der Waals surface area contributed by atoms with Crippen LogP contribution in [-0.4, -0.2) is 9.91 Å². The van der Waals surface area contributed by atoms with Gasteiger partial charge >= 0.3 is 0 Å². The van der Waals surface area contributed by atoms with E-state index in [2.05, 4.69) is 4.98 Å². The van der Waals surface area contributed by atoms with E-state index in [0.717, 1.165) is 16.7 Å². The second-order valence-electron chi connectivity index (χ2n) is 4.11. The van der Waals surface area contributed by atoms with Crippen LogP contribution in [0.3, 0.4) is 0 Å². The average Bonchev–Trinajstić information content (AvgIpc) is 2.27. The Bertz CT molecular complexity index is 626. The average molecular weight is 263 g/mol. The molecule has 1 aromatic carbocycles. The van der Waals surface area contributed by atoms with Gasteiger partial charge in [0, 0.05) is 11.6 Å². The van der Waals surface area contributed by atoms with Crippen LogP contribution in [0.1, 0.15) is 11.1 Å². The third-order valence-corrected chi connectivity index (χ3v) is 2.84. The van der Waals surface area contributed by atoms with Crippen molar-refractivity contribution >= 4 is 17.3 Å². The van der Waals surface area contributed by atoms with E-state index >= 15 is 0 Å². The Balaban J connectivity index is 2.60. The van der Waals surface area contributed by atoms with E-state index in [1.54, 1.807) is 0 Å². The summed E-state index contributed by atoms with van der Waals surface area (Å²) in [7, 11) is 0. The van der Waals surface area contributed by atoms with Gasteiger partial charge in [-0.1, -0.05) is 35.4 Å². The van der Waals surface area contributed by atoms with Gasteiger partial charge in [0.2, 0.25) is 0 Å². The third kappa shape index (κ3) is 2.49. The normalized spacial score (nSPS) is 10.4. The van der Waals surface area contributed by atoms with Gasteiger partial charge in [0.1, 0.15) is 5.15 Å². The molecule has 5 heteroatoms. The summed E-state index contributed by atoms with van der Waals surface area (Å²) in [4.78, 5) is 14.5. The summed E-state index contributed by atoms with van der Waals surface area (Å²) < 4.78 is 0. The van der Waals surface area contributed by atoms with E-state index < -0.39 is 4.92 Å². The summed E-state index contributed by atoms with van der Waals surface area (Å²) in [5, 5.41) is 10.9. The van der Waals surface area contributed by atoms with Crippen molar-refractivity contribution in [3.05, 3.63) is 56.7 Å². The Labute approximate surface area is 109 Å². The summed E-state index contributed by atoms with van der Waals surface area (Å²) in [6, 6.07) is 8.52. The minimum atomic E-state index is -0.472. The lowest BCUT2D eigenvalue weighted by Crippen LogP contribution is -1.93. The van der Waals surface area contributed by atoms with Gasteiger partial charge in [0.25, 0.3) is 5.69 Å². The zero-order chi connectivity index (χ0) is 13.3. The molecule has 0 aliphatic heterocycles. The van der Waals surface area contributed by atoms with E-state index in [4.69, 9.17) is 11.6 Å². The minimum absolute atomic E-state index is 0.0509. The zero-order valence-electron chi connectivity index (χ0n) is 9.98. The fourth-order valence-electron chi connectivity index (χ4n) is 1.83. The smallest absolute Gasteiger partial charge is 0.258 e. The number of aryl methyl sites for hydroxylation is 2. The van der Waals surface area contributed by atoms with Gasteiger partial charge < -0.3 is 0 Å². The van der Waals surface area contributed by atoms with E-state index in [9.17, 15) is 10.1 Å². The molecule has 92 valence electrons. The highest BCUT2D eigenvalue weighted by Crippen LogP contribution is 2.27. The minimum Gasteiger partial charge on any atom is -0.258 e. The molecular weight excluding hydrogens is 252 g/mol. The molecule has 0 aliphatic rings. The monoisotopic (exact) mass is 262 g/mol. The van der Waals surface area contributed by atoms with Crippen molar-refractivity contribution in [2.45, 2.75) is 13.8 Å². The first kappa shape index (κ1) is 12.5. The molecule has 0 fully saturated rings. The van der Waals surface area contributed by atoms with Gasteiger partial charge in [0.15, 0.2) is 0 Å². The maximum atomic E-state index is 10.8. The molecule has 4 nitrogen and oxygen atoms in total. The molecule has 0 aliphatic carbocycles. The molecule has 0 saturated carbocycles. The largest absolute Gasteiger partial charge is 0.274 e. The number of rotatable bonds is 2. The van der Waals surface area contributed by atoms with Crippen molar-refractivity contribution in [1.82, 2.24) is 4.98 Å². The van der Waals surface area contributed by atoms with Crippen LogP contribution in [0.5, 0.6) is 0 Å². The van der Waals surface area contributed by atoms with E-state index in [1.807, 2.05) is 32.0 Å². The topological polar surface area (TPSA) is 56.0 Å². The number of hydrogen-bond acceptors (Lipinski definition) is 3. The van der Waals surface area contributed by atoms with Gasteiger partial charge in [-0.05, 0) is 19.4 Å². The van der Waals surface area contributed by atoms with Crippen molar-refractivity contribution in [1.29, 1.82) is 0 Å². The molecule has 18 heavy (non-hydrogen) atoms. The highest BCUT2D eigenvalue weighted by atomic mass is 35.5. The Kier molecular flexibility index (Phi) is 3.30. The maximum Gasteiger partial charge on any atom is 0.274 e. The van der Waals surface area contributed by atoms with Crippen molar-refractivity contribution in [2.75, 3.05) is 0 Å². The lowest BCUT2D eigenvalue weighted by molar-refractivity contribution is -0.384. The zero-order valence-corrected chi connectivity index (χ0v) is 10.7. The van der Waals surface area contributed by atoms with Crippen molar-refractivity contribution in [2.24, 2.45) is 0 Å². The number of hydrogen-bond donors (Lipinski definition) is 0. The van der Waals surface area contributed by atoms with E-state index in [1.165, 1.54) is 12.1 Å². The molecule has 0 amide bonds. The molecule has 0 atom stereocenters. The van der Waals surface area contributed by atoms with Gasteiger partial charge in [-0.15, -0.1) is 0 Å². The second-order valence-corrected chi connectivity index (χ2v) is 4.50. The Hall–Kier alpha value is -1.94. The van der Waals surface area contributed by atoms with Crippen LogP contribution in [0.15, 0.2) is 30.3 Å². The molecule has 0 spiro atoms. The first-order chi connectivity index (χ1) is 8.47. The summed E-state index contributed by atoms with van der Waals surface area (Å²) in [5.41, 5.74) is 3.47. The predicted octanol–water partition coefficient (Wildman–Crippen LogP) is 3.93. The number of nitro groups is 1. The first-order valence-corrected chi connectivity index (χ1v) is 5.75. The first-order valence-electron chi connectivity index (χ1n) is 5.37. The summed E-state index contributed by atoms with van der Waals surface area (Å²) in [6.45, 7) is 3.93. The van der Waals surface area contributed by atoms with Gasteiger partial charge in [0.05, 0.1) is 16.7 Å². The standard InChI is InChI=1S/C13H11ClN2O2/c1-8-3-4-11(9(2)5-8)12-6-10(16(17)18)7-13(14)15-12/h3-7H,1-2H3. The molecule has 2 rings (SSSR count). The highest BCUT2D eigenvalue weighted by Gasteiger charge is 2.12. The molecule has 0 unspecified atom stereocenters. The van der Waals surface area contributed by atoms with Crippen LogP contribution in [-0.2, 0) is 0 Å². The molecule has 2 aromatic rings. The lowest BCUT2D eigenvalue weighted by Gasteiger charge is -2.06. The summed E-state index contributed by atoms with van der Waals surface area (Å²) >= 11 is 5.81. The molecule has 0 bridgehead atoms. The van der Waals surface area contributed by atoms with Crippen LogP contribution < -0.4 is 0 Å². The molecular formula is C13H11ClN2O2. The SMILES string of the molecule is Cc1ccc(-c2cc([N+](=O)[O-])cc(Cl)n2)c(C)c1. The number of pyridine rings is 1. The Morgan fingerprint density at radius 2 is 1.94 bits per heavy atom. The lowest BCUT2D eigenvalue weighted by atomic mass is 10.0. The molecule has 0 N–H and O–H groups in total. The Morgan fingerprint density at radius 3 is 2.56 bits per heavy atom. The van der Waals surface area contributed by atoms with Crippen molar-refractivity contribution in [3.63, 3.8) is 0 Å². The van der Waals surface area contributed by atoms with Crippen molar-refractivity contribution in [3.8, 4) is 11.3 Å². The Morgan fingerprint density at radius 1 is 1.22 bits per heavy atom. The molecule has 0 radical (unpaired) electrons. The quantitative estimate of drug-likeness (QED) is 0.468. The number of aromatic nitrogens is 1. The number of benzene rings is 1. The van der Waals surface area contributed by atoms with Crippen LogP contribution in [0.25, 0.3) is 11.3 Å². The molecule has 1 heterocycles. The van der Waals surface area contributed by atoms with E-state index in [0.29, 0.717) is 5.69 Å². The highest BCUT2D eigenvalue weighted by molar-refractivity contribution is 6.29. The fraction of sp³-hybridized carbons (Fsp3) is 0.154. The van der Waals surface area contributed by atoms with E-state index in [-0.39, 0.29) is 10.8 Å². The molecule has 1 aromatic heterocycles. The predicted molar refractivity (Wildman–Crippen MR) is 70.8 cm³/mol. The van der Waals surface area contributed by atoms with Crippen LogP contribution in [0.4, 0.5) is 5.69 Å².